The molecule has 0 saturated heterocycles. The lowest BCUT2D eigenvalue weighted by Crippen LogP contribution is -1.90. The van der Waals surface area contributed by atoms with Crippen LogP contribution in [0.2, 0.25) is 5.15 Å². The summed E-state index contributed by atoms with van der Waals surface area (Å²) in [6.07, 6.45) is 2.04. The Labute approximate surface area is 69.2 Å². The van der Waals surface area contributed by atoms with Crippen LogP contribution in [0.5, 0.6) is 0 Å². The highest BCUT2D eigenvalue weighted by Gasteiger charge is 2.18. The molecule has 0 aliphatic carbocycles. The SMILES string of the molecule is N#Cc1nc2n(c1Cl)CCC2. The van der Waals surface area contributed by atoms with Gasteiger partial charge in [0.1, 0.15) is 17.0 Å². The lowest BCUT2D eigenvalue weighted by Gasteiger charge is -1.93. The van der Waals surface area contributed by atoms with E-state index >= 15 is 0 Å². The molecule has 2 rings (SSSR count). The minimum absolute atomic E-state index is 0.362. The van der Waals surface area contributed by atoms with E-state index in [0.29, 0.717) is 10.8 Å². The number of aryl methyl sites for hydroxylation is 1. The highest BCUT2D eigenvalue weighted by Crippen LogP contribution is 2.23. The van der Waals surface area contributed by atoms with Gasteiger partial charge in [-0.3, -0.25) is 0 Å². The van der Waals surface area contributed by atoms with Gasteiger partial charge >= 0.3 is 0 Å². The van der Waals surface area contributed by atoms with E-state index in [1.54, 1.807) is 0 Å². The molecule has 1 aliphatic rings. The fourth-order valence-electron chi connectivity index (χ4n) is 1.36. The van der Waals surface area contributed by atoms with Crippen molar-refractivity contribution >= 4 is 11.6 Å². The molecule has 1 aromatic heterocycles. The second kappa shape index (κ2) is 2.24. The van der Waals surface area contributed by atoms with Crippen molar-refractivity contribution in [3.63, 3.8) is 0 Å². The van der Waals surface area contributed by atoms with E-state index in [2.05, 4.69) is 4.98 Å². The maximum atomic E-state index is 8.57. The third-order valence-corrected chi connectivity index (χ3v) is 2.26. The zero-order valence-corrected chi connectivity index (χ0v) is 6.60. The van der Waals surface area contributed by atoms with Gasteiger partial charge in [0.25, 0.3) is 0 Å². The van der Waals surface area contributed by atoms with Crippen LogP contribution in [-0.2, 0) is 13.0 Å². The van der Waals surface area contributed by atoms with Crippen LogP contribution in [0.4, 0.5) is 0 Å². The first-order valence-electron chi connectivity index (χ1n) is 3.48. The second-order valence-corrected chi connectivity index (χ2v) is 2.89. The fourth-order valence-corrected chi connectivity index (χ4v) is 1.63. The smallest absolute Gasteiger partial charge is 0.177 e. The van der Waals surface area contributed by atoms with Crippen molar-refractivity contribution in [2.75, 3.05) is 0 Å². The van der Waals surface area contributed by atoms with Crippen molar-refractivity contribution in [1.29, 1.82) is 5.26 Å². The van der Waals surface area contributed by atoms with Crippen LogP contribution in [0.1, 0.15) is 17.9 Å². The molecule has 0 unspecified atom stereocenters. The molecular weight excluding hydrogens is 162 g/mol. The minimum Gasteiger partial charge on any atom is -0.318 e. The topological polar surface area (TPSA) is 41.6 Å². The largest absolute Gasteiger partial charge is 0.318 e. The summed E-state index contributed by atoms with van der Waals surface area (Å²) in [6, 6.07) is 1.96. The third kappa shape index (κ3) is 0.831. The molecule has 0 fully saturated rings. The van der Waals surface area contributed by atoms with E-state index in [0.717, 1.165) is 25.2 Å². The van der Waals surface area contributed by atoms with Gasteiger partial charge in [-0.15, -0.1) is 0 Å². The van der Waals surface area contributed by atoms with Crippen LogP contribution in [0.15, 0.2) is 0 Å². The van der Waals surface area contributed by atoms with Crippen LogP contribution in [0.3, 0.4) is 0 Å². The molecule has 0 bridgehead atoms. The highest BCUT2D eigenvalue weighted by atomic mass is 35.5. The van der Waals surface area contributed by atoms with Gasteiger partial charge in [0.15, 0.2) is 5.69 Å². The van der Waals surface area contributed by atoms with Crippen molar-refractivity contribution in [3.05, 3.63) is 16.7 Å². The summed E-state index contributed by atoms with van der Waals surface area (Å²) < 4.78 is 1.90. The van der Waals surface area contributed by atoms with E-state index in [1.807, 2.05) is 10.6 Å². The standard InChI is InChI=1S/C7H6ClN3/c8-7-5(4-9)10-6-2-1-3-11(6)7/h1-3H2. The number of fused-ring (bicyclic) bond motifs is 1. The average Bonchev–Trinajstić information content (AvgIpc) is 2.53. The Bertz CT molecular complexity index is 334. The van der Waals surface area contributed by atoms with Gasteiger partial charge in [-0.2, -0.15) is 5.26 Å². The average molecular weight is 168 g/mol. The van der Waals surface area contributed by atoms with Gasteiger partial charge in [0.05, 0.1) is 0 Å². The second-order valence-electron chi connectivity index (χ2n) is 2.53. The van der Waals surface area contributed by atoms with Crippen LogP contribution in [0.25, 0.3) is 0 Å². The predicted molar refractivity (Wildman–Crippen MR) is 40.3 cm³/mol. The number of nitriles is 1. The first-order valence-corrected chi connectivity index (χ1v) is 3.85. The summed E-state index contributed by atoms with van der Waals surface area (Å²) >= 11 is 5.85. The van der Waals surface area contributed by atoms with Gasteiger partial charge in [0, 0.05) is 13.0 Å². The van der Waals surface area contributed by atoms with E-state index in [9.17, 15) is 0 Å². The molecule has 0 saturated carbocycles. The normalized spacial score (nSPS) is 14.5. The predicted octanol–water partition coefficient (Wildman–Crippen LogP) is 1.35. The van der Waals surface area contributed by atoms with Crippen LogP contribution < -0.4 is 0 Å². The number of halogens is 1. The molecule has 0 radical (unpaired) electrons. The van der Waals surface area contributed by atoms with Crippen molar-refractivity contribution < 1.29 is 0 Å². The number of hydrogen-bond acceptors (Lipinski definition) is 2. The van der Waals surface area contributed by atoms with E-state index in [-0.39, 0.29) is 0 Å². The van der Waals surface area contributed by atoms with Crippen LogP contribution >= 0.6 is 11.6 Å². The zero-order valence-electron chi connectivity index (χ0n) is 5.84. The highest BCUT2D eigenvalue weighted by molar-refractivity contribution is 6.30. The van der Waals surface area contributed by atoms with Crippen LogP contribution in [0, 0.1) is 11.3 Å². The van der Waals surface area contributed by atoms with Gasteiger partial charge < -0.3 is 4.57 Å². The molecule has 56 valence electrons. The van der Waals surface area contributed by atoms with E-state index < -0.39 is 0 Å². The Morgan fingerprint density at radius 1 is 1.64 bits per heavy atom. The summed E-state index contributed by atoms with van der Waals surface area (Å²) in [6.45, 7) is 0.906. The maximum Gasteiger partial charge on any atom is 0.177 e. The number of imidazole rings is 1. The summed E-state index contributed by atoms with van der Waals surface area (Å²) in [5, 5.41) is 9.07. The molecule has 1 aliphatic heterocycles. The van der Waals surface area contributed by atoms with Gasteiger partial charge in [-0.25, -0.2) is 4.98 Å². The first-order chi connectivity index (χ1) is 5.33. The molecule has 0 aromatic carbocycles. The van der Waals surface area contributed by atoms with Crippen molar-refractivity contribution in [1.82, 2.24) is 9.55 Å². The maximum absolute atomic E-state index is 8.57. The molecule has 4 heteroatoms. The summed E-state index contributed by atoms with van der Waals surface area (Å²) in [4.78, 5) is 4.08. The monoisotopic (exact) mass is 167 g/mol. The van der Waals surface area contributed by atoms with Gasteiger partial charge in [-0.1, -0.05) is 11.6 Å². The number of rotatable bonds is 0. The number of hydrogen-bond donors (Lipinski definition) is 0. The number of aromatic nitrogens is 2. The summed E-state index contributed by atoms with van der Waals surface area (Å²) in [5.74, 6) is 0.951. The minimum atomic E-state index is 0.362. The molecule has 0 amide bonds. The van der Waals surface area contributed by atoms with Crippen LogP contribution in [-0.4, -0.2) is 9.55 Å². The Kier molecular flexibility index (Phi) is 1.36. The quantitative estimate of drug-likeness (QED) is 0.586. The molecule has 1 aromatic rings. The van der Waals surface area contributed by atoms with E-state index in [1.165, 1.54) is 0 Å². The molecule has 3 nitrogen and oxygen atoms in total. The molecule has 11 heavy (non-hydrogen) atoms. The van der Waals surface area contributed by atoms with Crippen molar-refractivity contribution in [2.45, 2.75) is 19.4 Å². The van der Waals surface area contributed by atoms with Crippen molar-refractivity contribution in [3.8, 4) is 6.07 Å². The Morgan fingerprint density at radius 2 is 2.45 bits per heavy atom. The van der Waals surface area contributed by atoms with Gasteiger partial charge in [0.2, 0.25) is 0 Å². The third-order valence-electron chi connectivity index (χ3n) is 1.87. The number of nitrogens with zero attached hydrogens (tertiary/aromatic N) is 3. The molecule has 0 N–H and O–H groups in total. The lowest BCUT2D eigenvalue weighted by atomic mass is 10.3. The summed E-state index contributed by atoms with van der Waals surface area (Å²) in [5.41, 5.74) is 0.362. The Hall–Kier alpha value is -1.01. The Morgan fingerprint density at radius 3 is 3.09 bits per heavy atom. The van der Waals surface area contributed by atoms with E-state index in [4.69, 9.17) is 16.9 Å². The first kappa shape index (κ1) is 6.68. The Balaban J connectivity index is 2.60. The molecule has 0 spiro atoms. The van der Waals surface area contributed by atoms with Crippen molar-refractivity contribution in [2.24, 2.45) is 0 Å². The molecule has 0 atom stereocenters. The lowest BCUT2D eigenvalue weighted by molar-refractivity contribution is 0.750. The molecule has 2 heterocycles. The fraction of sp³-hybridized carbons (Fsp3) is 0.429. The summed E-state index contributed by atoms with van der Waals surface area (Å²) in [7, 11) is 0. The van der Waals surface area contributed by atoms with Gasteiger partial charge in [-0.05, 0) is 6.42 Å². The molecular formula is C7H6ClN3. The zero-order chi connectivity index (χ0) is 7.84.